The first kappa shape index (κ1) is 11.2. The number of nitrogens with two attached hydrogens (primary N) is 1. The Labute approximate surface area is 104 Å². The molecule has 0 radical (unpaired) electrons. The highest BCUT2D eigenvalue weighted by molar-refractivity contribution is 5.18. The van der Waals surface area contributed by atoms with Crippen molar-refractivity contribution in [1.29, 1.82) is 0 Å². The smallest absolute Gasteiger partial charge is 0.0424 e. The first-order valence-corrected chi connectivity index (χ1v) is 6.87. The summed E-state index contributed by atoms with van der Waals surface area (Å²) in [7, 11) is 0. The van der Waals surface area contributed by atoms with Crippen LogP contribution in [0.25, 0.3) is 0 Å². The summed E-state index contributed by atoms with van der Waals surface area (Å²) in [4.78, 5) is 2.63. The van der Waals surface area contributed by atoms with Crippen LogP contribution in [0.15, 0.2) is 30.3 Å². The van der Waals surface area contributed by atoms with E-state index in [9.17, 15) is 0 Å². The van der Waals surface area contributed by atoms with Crippen molar-refractivity contribution in [2.75, 3.05) is 13.1 Å². The van der Waals surface area contributed by atoms with Gasteiger partial charge in [-0.3, -0.25) is 4.90 Å². The zero-order valence-corrected chi connectivity index (χ0v) is 10.4. The molecule has 2 fully saturated rings. The summed E-state index contributed by atoms with van der Waals surface area (Å²) >= 11 is 0. The lowest BCUT2D eigenvalue weighted by Crippen LogP contribution is -2.35. The fourth-order valence-electron chi connectivity index (χ4n) is 2.50. The first-order chi connectivity index (χ1) is 8.33. The van der Waals surface area contributed by atoms with E-state index in [2.05, 4.69) is 35.2 Å². The van der Waals surface area contributed by atoms with Gasteiger partial charge in [-0.1, -0.05) is 30.3 Å². The van der Waals surface area contributed by atoms with E-state index in [1.54, 1.807) is 0 Å². The molecule has 1 unspecified atom stereocenters. The van der Waals surface area contributed by atoms with Gasteiger partial charge in [0.25, 0.3) is 0 Å². The SMILES string of the molecule is NC(CN(CC1CC1)C1CC1)c1ccccc1. The second kappa shape index (κ2) is 4.79. The van der Waals surface area contributed by atoms with Crippen LogP contribution < -0.4 is 5.73 Å². The van der Waals surface area contributed by atoms with Crippen LogP contribution in [0.3, 0.4) is 0 Å². The van der Waals surface area contributed by atoms with Crippen molar-refractivity contribution in [3.63, 3.8) is 0 Å². The summed E-state index contributed by atoms with van der Waals surface area (Å²) in [5.74, 6) is 0.971. The van der Waals surface area contributed by atoms with Crippen molar-refractivity contribution in [2.45, 2.75) is 37.8 Å². The van der Waals surface area contributed by atoms with Crippen molar-refractivity contribution >= 4 is 0 Å². The molecule has 17 heavy (non-hydrogen) atoms. The van der Waals surface area contributed by atoms with Gasteiger partial charge >= 0.3 is 0 Å². The van der Waals surface area contributed by atoms with Gasteiger partial charge in [0.15, 0.2) is 0 Å². The quantitative estimate of drug-likeness (QED) is 0.814. The Hall–Kier alpha value is -0.860. The minimum atomic E-state index is 0.176. The highest BCUT2D eigenvalue weighted by Gasteiger charge is 2.34. The van der Waals surface area contributed by atoms with Gasteiger partial charge < -0.3 is 5.73 Å². The van der Waals surface area contributed by atoms with E-state index in [0.29, 0.717) is 0 Å². The molecule has 2 aliphatic carbocycles. The normalized spacial score (nSPS) is 21.8. The van der Waals surface area contributed by atoms with Gasteiger partial charge in [-0.05, 0) is 37.2 Å². The molecule has 1 aromatic rings. The van der Waals surface area contributed by atoms with Gasteiger partial charge in [0.1, 0.15) is 0 Å². The minimum absolute atomic E-state index is 0.176. The fourth-order valence-corrected chi connectivity index (χ4v) is 2.50. The molecule has 2 nitrogen and oxygen atoms in total. The molecule has 1 aromatic carbocycles. The lowest BCUT2D eigenvalue weighted by atomic mass is 10.1. The Morgan fingerprint density at radius 1 is 1.12 bits per heavy atom. The van der Waals surface area contributed by atoms with Gasteiger partial charge in [0.2, 0.25) is 0 Å². The van der Waals surface area contributed by atoms with Gasteiger partial charge in [0, 0.05) is 25.2 Å². The summed E-state index contributed by atoms with van der Waals surface area (Å²) in [6, 6.07) is 11.5. The summed E-state index contributed by atoms with van der Waals surface area (Å²) in [5, 5.41) is 0. The van der Waals surface area contributed by atoms with Crippen LogP contribution in [0.1, 0.15) is 37.3 Å². The molecule has 0 amide bonds. The van der Waals surface area contributed by atoms with E-state index in [1.807, 2.05) is 0 Å². The molecule has 0 heterocycles. The fraction of sp³-hybridized carbons (Fsp3) is 0.600. The van der Waals surface area contributed by atoms with E-state index in [0.717, 1.165) is 18.5 Å². The van der Waals surface area contributed by atoms with E-state index in [1.165, 1.54) is 37.8 Å². The van der Waals surface area contributed by atoms with Crippen molar-refractivity contribution in [1.82, 2.24) is 4.90 Å². The third kappa shape index (κ3) is 3.08. The molecule has 92 valence electrons. The van der Waals surface area contributed by atoms with Crippen LogP contribution in [0.4, 0.5) is 0 Å². The summed E-state index contributed by atoms with van der Waals surface area (Å²) in [6.07, 6.45) is 5.63. The lowest BCUT2D eigenvalue weighted by Gasteiger charge is -2.25. The zero-order chi connectivity index (χ0) is 11.7. The third-order valence-electron chi connectivity index (χ3n) is 3.91. The Balaban J connectivity index is 1.59. The van der Waals surface area contributed by atoms with Crippen LogP contribution in [0, 0.1) is 5.92 Å². The first-order valence-electron chi connectivity index (χ1n) is 6.87. The third-order valence-corrected chi connectivity index (χ3v) is 3.91. The van der Waals surface area contributed by atoms with E-state index >= 15 is 0 Å². The minimum Gasteiger partial charge on any atom is -0.323 e. The zero-order valence-electron chi connectivity index (χ0n) is 10.4. The number of rotatable bonds is 6. The number of benzene rings is 1. The molecule has 0 aromatic heterocycles. The van der Waals surface area contributed by atoms with Crippen molar-refractivity contribution in [3.8, 4) is 0 Å². The van der Waals surface area contributed by atoms with E-state index in [-0.39, 0.29) is 6.04 Å². The molecule has 2 aliphatic rings. The van der Waals surface area contributed by atoms with Crippen LogP contribution in [0.2, 0.25) is 0 Å². The van der Waals surface area contributed by atoms with Crippen LogP contribution >= 0.6 is 0 Å². The van der Waals surface area contributed by atoms with Gasteiger partial charge in [-0.25, -0.2) is 0 Å². The van der Waals surface area contributed by atoms with E-state index in [4.69, 9.17) is 5.73 Å². The standard InChI is InChI=1S/C15H22N2/c16-15(13-4-2-1-3-5-13)11-17(14-8-9-14)10-12-6-7-12/h1-5,12,14-15H,6-11,16H2. The van der Waals surface area contributed by atoms with Crippen molar-refractivity contribution < 1.29 is 0 Å². The largest absolute Gasteiger partial charge is 0.323 e. The average Bonchev–Trinajstić information content (AvgIpc) is 3.22. The predicted octanol–water partition coefficient (Wildman–Crippen LogP) is 2.56. The van der Waals surface area contributed by atoms with Gasteiger partial charge in [-0.2, -0.15) is 0 Å². The number of hydrogen-bond acceptors (Lipinski definition) is 2. The molecule has 2 saturated carbocycles. The van der Waals surface area contributed by atoms with Gasteiger partial charge in [-0.15, -0.1) is 0 Å². The molecule has 0 spiro atoms. The van der Waals surface area contributed by atoms with E-state index < -0.39 is 0 Å². The Morgan fingerprint density at radius 3 is 2.41 bits per heavy atom. The number of hydrogen-bond donors (Lipinski definition) is 1. The highest BCUT2D eigenvalue weighted by atomic mass is 15.2. The van der Waals surface area contributed by atoms with Crippen LogP contribution in [-0.4, -0.2) is 24.0 Å². The maximum Gasteiger partial charge on any atom is 0.0424 e. The molecule has 0 saturated heterocycles. The highest BCUT2D eigenvalue weighted by Crippen LogP contribution is 2.35. The summed E-state index contributed by atoms with van der Waals surface area (Å²) in [6.45, 7) is 2.32. The Kier molecular flexibility index (Phi) is 3.17. The van der Waals surface area contributed by atoms with Crippen LogP contribution in [0.5, 0.6) is 0 Å². The molecule has 1 atom stereocenters. The monoisotopic (exact) mass is 230 g/mol. The summed E-state index contributed by atoms with van der Waals surface area (Å²) < 4.78 is 0. The topological polar surface area (TPSA) is 29.3 Å². The molecular weight excluding hydrogens is 208 g/mol. The molecule has 2 N–H and O–H groups in total. The Morgan fingerprint density at radius 2 is 1.82 bits per heavy atom. The second-order valence-electron chi connectivity index (χ2n) is 5.65. The molecular formula is C15H22N2. The van der Waals surface area contributed by atoms with Crippen molar-refractivity contribution in [2.24, 2.45) is 11.7 Å². The Bertz CT molecular complexity index is 354. The average molecular weight is 230 g/mol. The lowest BCUT2D eigenvalue weighted by molar-refractivity contribution is 0.237. The number of nitrogens with zero attached hydrogens (tertiary/aromatic N) is 1. The van der Waals surface area contributed by atoms with Gasteiger partial charge in [0.05, 0.1) is 0 Å². The molecule has 2 heteroatoms. The maximum atomic E-state index is 6.32. The van der Waals surface area contributed by atoms with Crippen molar-refractivity contribution in [3.05, 3.63) is 35.9 Å². The molecule has 0 aliphatic heterocycles. The maximum absolute atomic E-state index is 6.32. The van der Waals surface area contributed by atoms with Crippen LogP contribution in [-0.2, 0) is 0 Å². The summed E-state index contributed by atoms with van der Waals surface area (Å²) in [5.41, 5.74) is 7.59. The molecule has 3 rings (SSSR count). The second-order valence-corrected chi connectivity index (χ2v) is 5.65. The molecule has 0 bridgehead atoms. The predicted molar refractivity (Wildman–Crippen MR) is 70.7 cm³/mol.